The van der Waals surface area contributed by atoms with Crippen LogP contribution in [0.25, 0.3) is 11.4 Å². The molecule has 3 heterocycles. The first-order chi connectivity index (χ1) is 16.0. The molecule has 0 fully saturated rings. The number of aromatic amines is 1. The van der Waals surface area contributed by atoms with Crippen molar-refractivity contribution in [2.24, 2.45) is 0 Å². The summed E-state index contributed by atoms with van der Waals surface area (Å²) < 4.78 is 2.30. The Labute approximate surface area is 202 Å². The molecule has 1 aromatic carbocycles. The highest BCUT2D eigenvalue weighted by Crippen LogP contribution is 2.25. The van der Waals surface area contributed by atoms with Crippen molar-refractivity contribution in [1.82, 2.24) is 25.0 Å². The highest BCUT2D eigenvalue weighted by Gasteiger charge is 2.28. The van der Waals surface area contributed by atoms with Crippen molar-refractivity contribution >= 4 is 35.4 Å². The van der Waals surface area contributed by atoms with E-state index in [-0.39, 0.29) is 18.2 Å². The molecular formula is C24H29N5O2S2. The standard InChI is InChI=1S/C24H29N5O2S2/c1-3-4-19(23(31)28-12-9-20-18(15-28)11-14-33-20)25-21(30)10-13-29-22(26-27-24(29)32)17-7-5-16(2)6-8-17/h5-8,11,14,19H,3-4,9-10,12-13,15H2,1-2H3,(H,25,30)(H,27,32). The Morgan fingerprint density at radius 3 is 2.82 bits per heavy atom. The van der Waals surface area contributed by atoms with Gasteiger partial charge in [-0.3, -0.25) is 19.3 Å². The topological polar surface area (TPSA) is 83.0 Å². The molecule has 3 aromatic rings. The largest absolute Gasteiger partial charge is 0.344 e. The molecular weight excluding hydrogens is 454 g/mol. The molecule has 174 valence electrons. The lowest BCUT2D eigenvalue weighted by Gasteiger charge is -2.31. The molecule has 4 rings (SSSR count). The smallest absolute Gasteiger partial charge is 0.245 e. The SMILES string of the molecule is CCCC(NC(=O)CCn1c(-c2ccc(C)cc2)n[nH]c1=S)C(=O)N1CCc2sccc2C1. The zero-order chi connectivity index (χ0) is 23.4. The van der Waals surface area contributed by atoms with Crippen molar-refractivity contribution in [3.8, 4) is 11.4 Å². The van der Waals surface area contributed by atoms with E-state index in [1.54, 1.807) is 11.3 Å². The van der Waals surface area contributed by atoms with Gasteiger partial charge in [-0.05, 0) is 49.0 Å². The van der Waals surface area contributed by atoms with Crippen LogP contribution in [0.1, 0.15) is 42.2 Å². The third-order valence-corrected chi connectivity index (χ3v) is 7.30. The van der Waals surface area contributed by atoms with Crippen LogP contribution in [0.3, 0.4) is 0 Å². The van der Waals surface area contributed by atoms with Crippen molar-refractivity contribution < 1.29 is 9.59 Å². The average Bonchev–Trinajstić information content (AvgIpc) is 3.43. The number of fused-ring (bicyclic) bond motifs is 1. The van der Waals surface area contributed by atoms with E-state index in [2.05, 4.69) is 27.0 Å². The van der Waals surface area contributed by atoms with Gasteiger partial charge in [0.2, 0.25) is 11.8 Å². The minimum Gasteiger partial charge on any atom is -0.344 e. The zero-order valence-corrected chi connectivity index (χ0v) is 20.6. The van der Waals surface area contributed by atoms with Crippen LogP contribution in [0.15, 0.2) is 35.7 Å². The maximum atomic E-state index is 13.2. The molecule has 2 N–H and O–H groups in total. The Kier molecular flexibility index (Phi) is 7.39. The van der Waals surface area contributed by atoms with E-state index >= 15 is 0 Å². The highest BCUT2D eigenvalue weighted by atomic mass is 32.1. The summed E-state index contributed by atoms with van der Waals surface area (Å²) in [4.78, 5) is 29.2. The van der Waals surface area contributed by atoms with Crippen molar-refractivity contribution in [3.05, 3.63) is 56.5 Å². The maximum Gasteiger partial charge on any atom is 0.245 e. The summed E-state index contributed by atoms with van der Waals surface area (Å²) >= 11 is 7.13. The monoisotopic (exact) mass is 483 g/mol. The number of amides is 2. The summed E-state index contributed by atoms with van der Waals surface area (Å²) in [7, 11) is 0. The molecule has 0 radical (unpaired) electrons. The van der Waals surface area contributed by atoms with Crippen LogP contribution < -0.4 is 5.32 Å². The number of carbonyl (C=O) groups is 2. The van der Waals surface area contributed by atoms with Crippen molar-refractivity contribution in [1.29, 1.82) is 0 Å². The van der Waals surface area contributed by atoms with E-state index in [0.29, 0.717) is 36.7 Å². The molecule has 2 amide bonds. The van der Waals surface area contributed by atoms with Crippen LogP contribution in [-0.2, 0) is 29.1 Å². The van der Waals surface area contributed by atoms with E-state index in [9.17, 15) is 9.59 Å². The Morgan fingerprint density at radius 2 is 2.06 bits per heavy atom. The number of aryl methyl sites for hydroxylation is 1. The third-order valence-electron chi connectivity index (χ3n) is 5.96. The fourth-order valence-corrected chi connectivity index (χ4v) is 5.24. The van der Waals surface area contributed by atoms with Gasteiger partial charge in [0.15, 0.2) is 10.6 Å². The van der Waals surface area contributed by atoms with Crippen LogP contribution in [0.4, 0.5) is 0 Å². The molecule has 33 heavy (non-hydrogen) atoms. The minimum absolute atomic E-state index is 0.00215. The Morgan fingerprint density at radius 1 is 1.27 bits per heavy atom. The second-order valence-corrected chi connectivity index (χ2v) is 9.79. The summed E-state index contributed by atoms with van der Waals surface area (Å²) in [6.07, 6.45) is 2.54. The Bertz CT molecular complexity index is 1180. The molecule has 1 aliphatic heterocycles. The molecule has 2 aromatic heterocycles. The molecule has 0 aliphatic carbocycles. The molecule has 9 heteroatoms. The van der Waals surface area contributed by atoms with Crippen molar-refractivity contribution in [2.75, 3.05) is 6.54 Å². The van der Waals surface area contributed by atoms with Gasteiger partial charge in [0, 0.05) is 36.5 Å². The van der Waals surface area contributed by atoms with Crippen molar-refractivity contribution in [3.63, 3.8) is 0 Å². The van der Waals surface area contributed by atoms with Gasteiger partial charge in [-0.1, -0.05) is 43.2 Å². The van der Waals surface area contributed by atoms with Crippen molar-refractivity contribution in [2.45, 2.75) is 58.7 Å². The lowest BCUT2D eigenvalue weighted by Crippen LogP contribution is -2.49. The van der Waals surface area contributed by atoms with Gasteiger partial charge in [0.1, 0.15) is 6.04 Å². The molecule has 1 atom stereocenters. The number of aromatic nitrogens is 3. The number of hydrogen-bond acceptors (Lipinski definition) is 5. The molecule has 7 nitrogen and oxygen atoms in total. The molecule has 0 bridgehead atoms. The minimum atomic E-state index is -0.503. The summed E-state index contributed by atoms with van der Waals surface area (Å²) in [6.45, 7) is 5.77. The van der Waals surface area contributed by atoms with Crippen LogP contribution >= 0.6 is 23.6 Å². The summed E-state index contributed by atoms with van der Waals surface area (Å²) in [5.41, 5.74) is 3.32. The number of rotatable bonds is 8. The van der Waals surface area contributed by atoms with Crippen LogP contribution in [0, 0.1) is 11.7 Å². The van der Waals surface area contributed by atoms with E-state index < -0.39 is 6.04 Å². The normalized spacial score (nSPS) is 14.1. The van der Waals surface area contributed by atoms with Gasteiger partial charge in [-0.2, -0.15) is 5.10 Å². The fourth-order valence-electron chi connectivity index (χ4n) is 4.13. The lowest BCUT2D eigenvalue weighted by molar-refractivity contribution is -0.137. The highest BCUT2D eigenvalue weighted by molar-refractivity contribution is 7.71. The fraction of sp³-hybridized carbons (Fsp3) is 0.417. The molecule has 1 aliphatic rings. The molecule has 0 spiro atoms. The van der Waals surface area contributed by atoms with Gasteiger partial charge in [0.05, 0.1) is 0 Å². The second-order valence-electron chi connectivity index (χ2n) is 8.41. The van der Waals surface area contributed by atoms with E-state index in [1.807, 2.05) is 47.6 Å². The van der Waals surface area contributed by atoms with Gasteiger partial charge in [0.25, 0.3) is 0 Å². The quantitative estimate of drug-likeness (QED) is 0.470. The number of nitrogens with one attached hydrogen (secondary N) is 2. The Balaban J connectivity index is 1.39. The number of carbonyl (C=O) groups excluding carboxylic acids is 2. The number of nitrogens with zero attached hydrogens (tertiary/aromatic N) is 3. The first-order valence-electron chi connectivity index (χ1n) is 11.3. The lowest BCUT2D eigenvalue weighted by atomic mass is 10.1. The third kappa shape index (κ3) is 5.42. The summed E-state index contributed by atoms with van der Waals surface area (Å²) in [6, 6.07) is 9.61. The van der Waals surface area contributed by atoms with Crippen LogP contribution in [0.5, 0.6) is 0 Å². The van der Waals surface area contributed by atoms with Gasteiger partial charge in [-0.25, -0.2) is 0 Å². The van der Waals surface area contributed by atoms with E-state index in [1.165, 1.54) is 10.4 Å². The zero-order valence-electron chi connectivity index (χ0n) is 19.0. The number of H-pyrrole nitrogens is 1. The number of thiophene rings is 1. The maximum absolute atomic E-state index is 13.2. The van der Waals surface area contributed by atoms with Crippen LogP contribution in [0.2, 0.25) is 0 Å². The molecule has 0 saturated carbocycles. The predicted octanol–water partition coefficient (Wildman–Crippen LogP) is 4.24. The predicted molar refractivity (Wildman–Crippen MR) is 132 cm³/mol. The molecule has 0 saturated heterocycles. The van der Waals surface area contributed by atoms with Gasteiger partial charge >= 0.3 is 0 Å². The number of hydrogen-bond donors (Lipinski definition) is 2. The first kappa shape index (κ1) is 23.4. The van der Waals surface area contributed by atoms with E-state index in [4.69, 9.17) is 12.2 Å². The first-order valence-corrected chi connectivity index (χ1v) is 12.6. The Hall–Kier alpha value is -2.78. The molecule has 1 unspecified atom stereocenters. The van der Waals surface area contributed by atoms with Crippen LogP contribution in [-0.4, -0.2) is 44.1 Å². The second kappa shape index (κ2) is 10.4. The van der Waals surface area contributed by atoms with Gasteiger partial charge in [-0.15, -0.1) is 11.3 Å². The summed E-state index contributed by atoms with van der Waals surface area (Å²) in [5, 5.41) is 12.2. The number of benzene rings is 1. The van der Waals surface area contributed by atoms with E-state index in [0.717, 1.165) is 24.0 Å². The average molecular weight is 484 g/mol. The summed E-state index contributed by atoms with van der Waals surface area (Å²) in [5.74, 6) is 0.546. The van der Waals surface area contributed by atoms with Gasteiger partial charge < -0.3 is 10.2 Å².